The average Bonchev–Trinajstić information content (AvgIpc) is 2.96. The van der Waals surface area contributed by atoms with Crippen LogP contribution in [0.4, 0.5) is 11.4 Å². The zero-order valence-electron chi connectivity index (χ0n) is 14.4. The van der Waals surface area contributed by atoms with Gasteiger partial charge in [0.1, 0.15) is 10.8 Å². The molecule has 1 N–H and O–H groups in total. The molecule has 0 unspecified atom stereocenters. The van der Waals surface area contributed by atoms with Crippen molar-refractivity contribution in [1.82, 2.24) is 0 Å². The number of phenolic OH excluding ortho intramolecular Hbond substituents is 1. The lowest BCUT2D eigenvalue weighted by molar-refractivity contribution is -0.384. The Kier molecular flexibility index (Phi) is 4.49. The van der Waals surface area contributed by atoms with Gasteiger partial charge in [0.2, 0.25) is 0 Å². The van der Waals surface area contributed by atoms with E-state index in [0.29, 0.717) is 11.1 Å². The zero-order chi connectivity index (χ0) is 20.9. The van der Waals surface area contributed by atoms with Crippen LogP contribution in [-0.4, -0.2) is 21.8 Å². The van der Waals surface area contributed by atoms with E-state index >= 15 is 0 Å². The lowest BCUT2D eigenvalue weighted by atomic mass is 10.0. The number of halogens is 2. The summed E-state index contributed by atoms with van der Waals surface area (Å²) < 4.78 is 0. The van der Waals surface area contributed by atoms with Crippen LogP contribution in [0.15, 0.2) is 54.6 Å². The van der Waals surface area contributed by atoms with E-state index in [1.165, 1.54) is 12.1 Å². The maximum Gasteiger partial charge on any atom is 0.290 e. The third kappa shape index (κ3) is 2.91. The maximum absolute atomic E-state index is 13.1. The second-order valence-electron chi connectivity index (χ2n) is 6.21. The van der Waals surface area contributed by atoms with Gasteiger partial charge < -0.3 is 5.11 Å². The van der Waals surface area contributed by atoms with Gasteiger partial charge in [0.05, 0.1) is 26.8 Å². The summed E-state index contributed by atoms with van der Waals surface area (Å²) in [6.07, 6.45) is 0. The highest BCUT2D eigenvalue weighted by Crippen LogP contribution is 2.43. The lowest BCUT2D eigenvalue weighted by Crippen LogP contribution is -2.30. The van der Waals surface area contributed by atoms with Crippen molar-refractivity contribution >= 4 is 46.4 Å². The Balaban J connectivity index is 1.91. The van der Waals surface area contributed by atoms with E-state index < -0.39 is 27.4 Å². The van der Waals surface area contributed by atoms with Crippen LogP contribution in [0.3, 0.4) is 0 Å². The van der Waals surface area contributed by atoms with Crippen LogP contribution >= 0.6 is 23.2 Å². The summed E-state index contributed by atoms with van der Waals surface area (Å²) >= 11 is 12.2. The largest absolute Gasteiger partial charge is 0.508 e. The Morgan fingerprint density at radius 2 is 1.55 bits per heavy atom. The highest BCUT2D eigenvalue weighted by atomic mass is 35.5. The fraction of sp³-hybridized carbons (Fsp3) is 0. The normalized spacial score (nSPS) is 13.0. The first kappa shape index (κ1) is 18.9. The van der Waals surface area contributed by atoms with Crippen molar-refractivity contribution in [2.45, 2.75) is 0 Å². The Hall–Kier alpha value is -3.42. The predicted octanol–water partition coefficient (Wildman–Crippen LogP) is 5.07. The molecule has 0 fully saturated rings. The number of carbonyl (C=O) groups is 2. The number of anilines is 1. The molecule has 0 bridgehead atoms. The van der Waals surface area contributed by atoms with Gasteiger partial charge in [-0.15, -0.1) is 0 Å². The molecule has 2 amide bonds. The molecule has 1 aliphatic heterocycles. The van der Waals surface area contributed by atoms with Crippen LogP contribution in [0, 0.1) is 10.1 Å². The number of hydrogen-bond donors (Lipinski definition) is 1. The van der Waals surface area contributed by atoms with Crippen molar-refractivity contribution in [3.63, 3.8) is 0 Å². The summed E-state index contributed by atoms with van der Waals surface area (Å²) in [4.78, 5) is 37.5. The topological polar surface area (TPSA) is 101 Å². The number of benzene rings is 3. The van der Waals surface area contributed by atoms with Crippen molar-refractivity contribution in [3.8, 4) is 16.9 Å². The minimum atomic E-state index is -0.799. The standard InChI is InChI=1S/C20H10Cl2N2O5/c21-13-9-15(24(28)29)18(22)17-16(13)19(26)23(20(17)27)14-4-2-1-3-12(14)10-5-7-11(25)8-6-10/h1-9,25H. The maximum atomic E-state index is 13.1. The van der Waals surface area contributed by atoms with E-state index in [1.54, 1.807) is 36.4 Å². The summed E-state index contributed by atoms with van der Waals surface area (Å²) in [5.41, 5.74) is 0.440. The number of phenols is 1. The molecule has 4 rings (SSSR count). The summed E-state index contributed by atoms with van der Waals surface area (Å²) in [6.45, 7) is 0. The molecular weight excluding hydrogens is 419 g/mol. The van der Waals surface area contributed by atoms with Crippen molar-refractivity contribution in [2.75, 3.05) is 4.90 Å². The van der Waals surface area contributed by atoms with E-state index in [9.17, 15) is 24.8 Å². The van der Waals surface area contributed by atoms with Crippen molar-refractivity contribution in [2.24, 2.45) is 0 Å². The summed E-state index contributed by atoms with van der Waals surface area (Å²) in [7, 11) is 0. The number of hydrogen-bond acceptors (Lipinski definition) is 5. The van der Waals surface area contributed by atoms with Crippen molar-refractivity contribution < 1.29 is 19.6 Å². The number of para-hydroxylation sites is 1. The van der Waals surface area contributed by atoms with Crippen LogP contribution in [0.2, 0.25) is 10.0 Å². The van der Waals surface area contributed by atoms with E-state index in [2.05, 4.69) is 0 Å². The number of fused-ring (bicyclic) bond motifs is 1. The number of nitrogens with zero attached hydrogens (tertiary/aromatic N) is 2. The zero-order valence-corrected chi connectivity index (χ0v) is 15.9. The van der Waals surface area contributed by atoms with E-state index in [0.717, 1.165) is 11.0 Å². The highest BCUT2D eigenvalue weighted by Gasteiger charge is 2.43. The van der Waals surface area contributed by atoms with Gasteiger partial charge >= 0.3 is 0 Å². The van der Waals surface area contributed by atoms with E-state index in [-0.39, 0.29) is 27.6 Å². The van der Waals surface area contributed by atoms with Crippen LogP contribution in [0.5, 0.6) is 5.75 Å². The Bertz CT molecular complexity index is 1210. The Morgan fingerprint density at radius 1 is 0.931 bits per heavy atom. The summed E-state index contributed by atoms with van der Waals surface area (Å²) in [6, 6.07) is 13.8. The number of aromatic hydroxyl groups is 1. The molecule has 3 aromatic carbocycles. The molecule has 3 aromatic rings. The monoisotopic (exact) mass is 428 g/mol. The average molecular weight is 429 g/mol. The molecule has 144 valence electrons. The molecule has 9 heteroatoms. The van der Waals surface area contributed by atoms with Gasteiger partial charge in [0.25, 0.3) is 17.5 Å². The smallest absolute Gasteiger partial charge is 0.290 e. The molecule has 0 atom stereocenters. The number of rotatable bonds is 3. The van der Waals surface area contributed by atoms with Crippen molar-refractivity contribution in [3.05, 3.63) is 85.9 Å². The molecule has 1 aliphatic rings. The van der Waals surface area contributed by atoms with Gasteiger partial charge in [-0.25, -0.2) is 4.90 Å². The number of nitro groups is 1. The van der Waals surface area contributed by atoms with Gasteiger partial charge in [-0.3, -0.25) is 19.7 Å². The number of imide groups is 1. The van der Waals surface area contributed by atoms with Gasteiger partial charge in [-0.1, -0.05) is 53.5 Å². The van der Waals surface area contributed by atoms with Crippen LogP contribution < -0.4 is 4.90 Å². The van der Waals surface area contributed by atoms with Crippen molar-refractivity contribution in [1.29, 1.82) is 0 Å². The quantitative estimate of drug-likeness (QED) is 0.356. The Morgan fingerprint density at radius 3 is 2.21 bits per heavy atom. The molecule has 0 aromatic heterocycles. The summed E-state index contributed by atoms with van der Waals surface area (Å²) in [5, 5.41) is 20.1. The minimum Gasteiger partial charge on any atom is -0.508 e. The third-order valence-corrected chi connectivity index (χ3v) is 5.23. The number of amides is 2. The first-order valence-corrected chi connectivity index (χ1v) is 9.00. The molecular formula is C20H10Cl2N2O5. The number of carbonyl (C=O) groups excluding carboxylic acids is 2. The van der Waals surface area contributed by atoms with Crippen LogP contribution in [-0.2, 0) is 0 Å². The predicted molar refractivity (Wildman–Crippen MR) is 108 cm³/mol. The number of nitro benzene ring substituents is 1. The van der Waals surface area contributed by atoms with Crippen LogP contribution in [0.25, 0.3) is 11.1 Å². The fourth-order valence-corrected chi connectivity index (χ4v) is 3.82. The molecule has 0 aliphatic carbocycles. The SMILES string of the molecule is O=C1c2c(Cl)cc([N+](=O)[O-])c(Cl)c2C(=O)N1c1ccccc1-c1ccc(O)cc1. The second kappa shape index (κ2) is 6.88. The lowest BCUT2D eigenvalue weighted by Gasteiger charge is -2.18. The molecule has 0 spiro atoms. The van der Waals surface area contributed by atoms with Gasteiger partial charge in [-0.05, 0) is 23.8 Å². The summed E-state index contributed by atoms with van der Waals surface area (Å²) in [5.74, 6) is -1.46. The van der Waals surface area contributed by atoms with Gasteiger partial charge in [-0.2, -0.15) is 0 Å². The van der Waals surface area contributed by atoms with E-state index in [1.807, 2.05) is 0 Å². The third-order valence-electron chi connectivity index (χ3n) is 4.55. The molecule has 1 heterocycles. The first-order chi connectivity index (χ1) is 13.8. The second-order valence-corrected chi connectivity index (χ2v) is 6.99. The molecule has 0 saturated carbocycles. The first-order valence-electron chi connectivity index (χ1n) is 8.25. The highest BCUT2D eigenvalue weighted by molar-refractivity contribution is 6.47. The van der Waals surface area contributed by atoms with E-state index in [4.69, 9.17) is 23.2 Å². The molecule has 7 nitrogen and oxygen atoms in total. The molecule has 0 saturated heterocycles. The van der Waals surface area contributed by atoms with Gasteiger partial charge in [0.15, 0.2) is 0 Å². The van der Waals surface area contributed by atoms with Crippen LogP contribution in [0.1, 0.15) is 20.7 Å². The molecule has 29 heavy (non-hydrogen) atoms. The minimum absolute atomic E-state index is 0.0674. The van der Waals surface area contributed by atoms with Gasteiger partial charge in [0, 0.05) is 11.6 Å². The Labute approximate surface area is 173 Å². The molecule has 0 radical (unpaired) electrons. The fourth-order valence-electron chi connectivity index (χ4n) is 3.24.